The molecule has 110 valence electrons. The van der Waals surface area contributed by atoms with E-state index in [1.54, 1.807) is 32.0 Å². The maximum atomic E-state index is 13.4. The largest absolute Gasteiger partial charge is 0.481 e. The zero-order valence-electron chi connectivity index (χ0n) is 11.6. The number of nitrogens with zero attached hydrogens (tertiary/aromatic N) is 1. The van der Waals surface area contributed by atoms with Crippen LogP contribution in [0.15, 0.2) is 24.3 Å². The molecule has 0 radical (unpaired) electrons. The molecule has 0 atom stereocenters. The molecule has 0 fully saturated rings. The van der Waals surface area contributed by atoms with Crippen LogP contribution in [0.1, 0.15) is 25.8 Å². The van der Waals surface area contributed by atoms with E-state index >= 15 is 0 Å². The van der Waals surface area contributed by atoms with Crippen LogP contribution in [0.2, 0.25) is 0 Å². The molecule has 0 bridgehead atoms. The van der Waals surface area contributed by atoms with Crippen LogP contribution in [-0.2, 0) is 11.3 Å². The van der Waals surface area contributed by atoms with Gasteiger partial charge in [0.05, 0.1) is 6.42 Å². The van der Waals surface area contributed by atoms with Gasteiger partial charge in [0, 0.05) is 24.7 Å². The van der Waals surface area contributed by atoms with Gasteiger partial charge in [0.25, 0.3) is 0 Å². The minimum absolute atomic E-state index is 0.0712. The topological polar surface area (TPSA) is 69.6 Å². The fraction of sp³-hybridized carbons (Fsp3) is 0.429. The lowest BCUT2D eigenvalue weighted by Crippen LogP contribution is -2.44. The smallest absolute Gasteiger partial charge is 0.317 e. The monoisotopic (exact) mass is 282 g/mol. The van der Waals surface area contributed by atoms with Gasteiger partial charge >= 0.3 is 12.0 Å². The van der Waals surface area contributed by atoms with E-state index < -0.39 is 12.0 Å². The Morgan fingerprint density at radius 3 is 2.55 bits per heavy atom. The third kappa shape index (κ3) is 4.87. The van der Waals surface area contributed by atoms with Gasteiger partial charge in [0.1, 0.15) is 5.82 Å². The number of hydrogen-bond donors (Lipinski definition) is 2. The summed E-state index contributed by atoms with van der Waals surface area (Å²) in [6.45, 7) is 3.78. The van der Waals surface area contributed by atoms with Crippen LogP contribution in [0.4, 0.5) is 9.18 Å². The highest BCUT2D eigenvalue weighted by molar-refractivity contribution is 5.75. The second kappa shape index (κ2) is 7.47. The summed E-state index contributed by atoms with van der Waals surface area (Å²) in [5.74, 6) is -1.34. The summed E-state index contributed by atoms with van der Waals surface area (Å²) in [6.07, 6.45) is -0.120. The first-order valence-corrected chi connectivity index (χ1v) is 6.41. The van der Waals surface area contributed by atoms with E-state index in [0.717, 1.165) is 0 Å². The molecule has 0 spiro atoms. The number of benzene rings is 1. The van der Waals surface area contributed by atoms with E-state index in [4.69, 9.17) is 5.11 Å². The first-order chi connectivity index (χ1) is 9.41. The minimum Gasteiger partial charge on any atom is -0.481 e. The van der Waals surface area contributed by atoms with Crippen LogP contribution in [0.25, 0.3) is 0 Å². The minimum atomic E-state index is -0.961. The molecule has 5 nitrogen and oxygen atoms in total. The van der Waals surface area contributed by atoms with Crippen molar-refractivity contribution in [3.63, 3.8) is 0 Å². The van der Waals surface area contributed by atoms with Gasteiger partial charge < -0.3 is 15.3 Å². The van der Waals surface area contributed by atoms with Crippen LogP contribution in [-0.4, -0.2) is 34.6 Å². The summed E-state index contributed by atoms with van der Waals surface area (Å²) < 4.78 is 13.4. The summed E-state index contributed by atoms with van der Waals surface area (Å²) in [6, 6.07) is 5.65. The van der Waals surface area contributed by atoms with Gasteiger partial charge in [-0.05, 0) is 19.9 Å². The molecule has 1 aromatic rings. The first kappa shape index (κ1) is 15.9. The summed E-state index contributed by atoms with van der Waals surface area (Å²) in [7, 11) is 0. The molecule has 0 saturated heterocycles. The maximum absolute atomic E-state index is 13.4. The Balaban J connectivity index is 2.58. The molecule has 0 saturated carbocycles. The van der Waals surface area contributed by atoms with E-state index in [0.29, 0.717) is 5.56 Å². The Morgan fingerprint density at radius 1 is 1.35 bits per heavy atom. The molecule has 1 rings (SSSR count). The zero-order valence-corrected chi connectivity index (χ0v) is 11.6. The SMILES string of the molecule is CC(C)N(CCC(=O)O)C(=O)NCc1ccccc1F. The molecular weight excluding hydrogens is 263 g/mol. The van der Waals surface area contributed by atoms with Crippen molar-refractivity contribution in [1.82, 2.24) is 10.2 Å². The van der Waals surface area contributed by atoms with Gasteiger partial charge in [0.15, 0.2) is 0 Å². The fourth-order valence-corrected chi connectivity index (χ4v) is 1.72. The number of rotatable bonds is 6. The lowest BCUT2D eigenvalue weighted by Gasteiger charge is -2.26. The summed E-state index contributed by atoms with van der Waals surface area (Å²) in [4.78, 5) is 24.0. The Hall–Kier alpha value is -2.11. The Kier molecular flexibility index (Phi) is 5.96. The molecule has 6 heteroatoms. The number of hydrogen-bond acceptors (Lipinski definition) is 2. The fourth-order valence-electron chi connectivity index (χ4n) is 1.72. The molecule has 1 aromatic carbocycles. The second-order valence-corrected chi connectivity index (χ2v) is 4.68. The van der Waals surface area contributed by atoms with Gasteiger partial charge in [-0.3, -0.25) is 4.79 Å². The highest BCUT2D eigenvalue weighted by Gasteiger charge is 2.17. The summed E-state index contributed by atoms with van der Waals surface area (Å²) >= 11 is 0. The number of carbonyl (C=O) groups excluding carboxylic acids is 1. The highest BCUT2D eigenvalue weighted by Crippen LogP contribution is 2.07. The number of carboxylic acid groups (broad SMARTS) is 1. The number of halogens is 1. The van der Waals surface area contributed by atoms with E-state index in [9.17, 15) is 14.0 Å². The van der Waals surface area contributed by atoms with Gasteiger partial charge in [-0.25, -0.2) is 9.18 Å². The molecule has 0 aliphatic rings. The number of carboxylic acids is 1. The molecule has 0 unspecified atom stereocenters. The van der Waals surface area contributed by atoms with E-state index in [2.05, 4.69) is 5.32 Å². The van der Waals surface area contributed by atoms with Crippen LogP contribution < -0.4 is 5.32 Å². The number of aliphatic carboxylic acids is 1. The first-order valence-electron chi connectivity index (χ1n) is 6.41. The number of urea groups is 1. The van der Waals surface area contributed by atoms with Crippen molar-refractivity contribution in [1.29, 1.82) is 0 Å². The van der Waals surface area contributed by atoms with E-state index in [-0.39, 0.29) is 31.4 Å². The van der Waals surface area contributed by atoms with Gasteiger partial charge in [-0.2, -0.15) is 0 Å². The van der Waals surface area contributed by atoms with Crippen molar-refractivity contribution >= 4 is 12.0 Å². The van der Waals surface area contributed by atoms with Crippen LogP contribution in [0, 0.1) is 5.82 Å². The van der Waals surface area contributed by atoms with Crippen LogP contribution in [0.3, 0.4) is 0 Å². The van der Waals surface area contributed by atoms with Crippen molar-refractivity contribution in [2.75, 3.05) is 6.54 Å². The quantitative estimate of drug-likeness (QED) is 0.840. The number of nitrogens with one attached hydrogen (secondary N) is 1. The molecule has 20 heavy (non-hydrogen) atoms. The van der Waals surface area contributed by atoms with Crippen molar-refractivity contribution < 1.29 is 19.1 Å². The van der Waals surface area contributed by atoms with Gasteiger partial charge in [-0.1, -0.05) is 18.2 Å². The Bertz CT molecular complexity index is 477. The Labute approximate surface area is 117 Å². The Morgan fingerprint density at radius 2 is 2.00 bits per heavy atom. The molecule has 0 aromatic heterocycles. The molecular formula is C14H19FN2O3. The summed E-state index contributed by atoms with van der Waals surface area (Å²) in [5.41, 5.74) is 0.391. The number of carbonyl (C=O) groups is 2. The molecule has 0 aliphatic heterocycles. The van der Waals surface area contributed by atoms with Crippen molar-refractivity contribution in [3.8, 4) is 0 Å². The van der Waals surface area contributed by atoms with Crippen LogP contribution >= 0.6 is 0 Å². The lowest BCUT2D eigenvalue weighted by molar-refractivity contribution is -0.137. The average molecular weight is 282 g/mol. The van der Waals surface area contributed by atoms with Crippen LogP contribution in [0.5, 0.6) is 0 Å². The van der Waals surface area contributed by atoms with E-state index in [1.165, 1.54) is 11.0 Å². The third-order valence-electron chi connectivity index (χ3n) is 2.84. The molecule has 0 aliphatic carbocycles. The van der Waals surface area contributed by atoms with Gasteiger partial charge in [-0.15, -0.1) is 0 Å². The van der Waals surface area contributed by atoms with E-state index in [1.807, 2.05) is 0 Å². The normalized spacial score (nSPS) is 10.4. The number of amides is 2. The highest BCUT2D eigenvalue weighted by atomic mass is 19.1. The standard InChI is InChI=1S/C14H19FN2O3/c1-10(2)17(8-7-13(18)19)14(20)16-9-11-5-3-4-6-12(11)15/h3-6,10H,7-9H2,1-2H3,(H,16,20)(H,18,19). The zero-order chi connectivity index (χ0) is 15.1. The average Bonchev–Trinajstić information content (AvgIpc) is 2.37. The van der Waals surface area contributed by atoms with Gasteiger partial charge in [0.2, 0.25) is 0 Å². The lowest BCUT2D eigenvalue weighted by atomic mass is 10.2. The van der Waals surface area contributed by atoms with Crippen molar-refractivity contribution in [3.05, 3.63) is 35.6 Å². The molecule has 0 heterocycles. The third-order valence-corrected chi connectivity index (χ3v) is 2.84. The van der Waals surface area contributed by atoms with Crippen molar-refractivity contribution in [2.45, 2.75) is 32.9 Å². The molecule has 2 N–H and O–H groups in total. The predicted molar refractivity (Wildman–Crippen MR) is 72.7 cm³/mol. The van der Waals surface area contributed by atoms with Crippen molar-refractivity contribution in [2.24, 2.45) is 0 Å². The maximum Gasteiger partial charge on any atom is 0.317 e. The molecule has 2 amide bonds. The predicted octanol–water partition coefficient (Wildman–Crippen LogP) is 2.22. The second-order valence-electron chi connectivity index (χ2n) is 4.68. The summed E-state index contributed by atoms with van der Waals surface area (Å²) in [5, 5.41) is 11.3.